The molecule has 2 aromatic heterocycles. The minimum atomic E-state index is 0.747. The minimum Gasteiger partial charge on any atom is -0.389 e. The van der Waals surface area contributed by atoms with Gasteiger partial charge >= 0.3 is 0 Å². The van der Waals surface area contributed by atoms with E-state index in [1.165, 1.54) is 20.0 Å². The Morgan fingerprint density at radius 2 is 2.27 bits per heavy atom. The van der Waals surface area contributed by atoms with Crippen LogP contribution >= 0.6 is 38.6 Å². The second kappa shape index (κ2) is 4.96. The van der Waals surface area contributed by atoms with E-state index in [1.807, 2.05) is 0 Å². The Bertz CT molecular complexity index is 398. The summed E-state index contributed by atoms with van der Waals surface area (Å²) in [7, 11) is 0. The molecule has 0 spiro atoms. The number of hydrogen-bond donors (Lipinski definition) is 2. The molecule has 80 valence electrons. The van der Waals surface area contributed by atoms with Gasteiger partial charge in [0.1, 0.15) is 5.00 Å². The van der Waals surface area contributed by atoms with E-state index in [1.54, 1.807) is 17.5 Å². The SMILES string of the molecule is Nc1cnc(NCCc2ccc(Br)s2)s1. The Hall–Kier alpha value is -0.590. The Balaban J connectivity index is 1.80. The van der Waals surface area contributed by atoms with Crippen LogP contribution in [0, 0.1) is 0 Å². The number of halogens is 1. The fraction of sp³-hybridized carbons (Fsp3) is 0.222. The Morgan fingerprint density at radius 1 is 1.40 bits per heavy atom. The highest BCUT2D eigenvalue weighted by molar-refractivity contribution is 9.11. The summed E-state index contributed by atoms with van der Waals surface area (Å²) in [6.07, 6.45) is 2.69. The molecule has 15 heavy (non-hydrogen) atoms. The van der Waals surface area contributed by atoms with Crippen molar-refractivity contribution < 1.29 is 0 Å². The molecule has 2 rings (SSSR count). The molecular formula is C9H10BrN3S2. The Morgan fingerprint density at radius 3 is 2.87 bits per heavy atom. The van der Waals surface area contributed by atoms with E-state index in [0.717, 1.165) is 23.1 Å². The molecule has 3 nitrogen and oxygen atoms in total. The van der Waals surface area contributed by atoms with Gasteiger partial charge in [-0.15, -0.1) is 11.3 Å². The van der Waals surface area contributed by atoms with E-state index in [2.05, 4.69) is 38.4 Å². The molecule has 0 fully saturated rings. The van der Waals surface area contributed by atoms with Crippen molar-refractivity contribution in [3.8, 4) is 0 Å². The molecule has 3 N–H and O–H groups in total. The molecule has 6 heteroatoms. The average Bonchev–Trinajstić information content (AvgIpc) is 2.76. The summed E-state index contributed by atoms with van der Waals surface area (Å²) in [6.45, 7) is 0.889. The van der Waals surface area contributed by atoms with Crippen LogP contribution in [0.3, 0.4) is 0 Å². The quantitative estimate of drug-likeness (QED) is 0.912. The van der Waals surface area contributed by atoms with E-state index >= 15 is 0 Å². The molecule has 0 radical (unpaired) electrons. The summed E-state index contributed by atoms with van der Waals surface area (Å²) in [6, 6.07) is 4.20. The van der Waals surface area contributed by atoms with Gasteiger partial charge in [0.2, 0.25) is 0 Å². The second-order valence-electron chi connectivity index (χ2n) is 2.95. The fourth-order valence-electron chi connectivity index (χ4n) is 1.15. The number of rotatable bonds is 4. The summed E-state index contributed by atoms with van der Waals surface area (Å²) in [5, 5.41) is 4.88. The van der Waals surface area contributed by atoms with E-state index in [4.69, 9.17) is 5.73 Å². The first kappa shape index (κ1) is 10.9. The maximum atomic E-state index is 5.58. The number of hydrogen-bond acceptors (Lipinski definition) is 5. The van der Waals surface area contributed by atoms with Gasteiger partial charge in [-0.05, 0) is 34.5 Å². The van der Waals surface area contributed by atoms with Crippen molar-refractivity contribution in [2.24, 2.45) is 0 Å². The summed E-state index contributed by atoms with van der Waals surface area (Å²) in [5.74, 6) is 0. The van der Waals surface area contributed by atoms with Gasteiger partial charge in [0.05, 0.1) is 9.98 Å². The molecular weight excluding hydrogens is 294 g/mol. The molecule has 0 aliphatic heterocycles. The third kappa shape index (κ3) is 3.19. The first-order chi connectivity index (χ1) is 7.24. The van der Waals surface area contributed by atoms with Crippen LogP contribution in [0.5, 0.6) is 0 Å². The lowest BCUT2D eigenvalue weighted by atomic mass is 10.3. The van der Waals surface area contributed by atoms with Crippen molar-refractivity contribution in [1.29, 1.82) is 0 Å². The van der Waals surface area contributed by atoms with Crippen molar-refractivity contribution in [3.05, 3.63) is 27.0 Å². The standard InChI is InChI=1S/C9H10BrN3S2/c10-7-2-1-6(14-7)3-4-12-9-13-5-8(11)15-9/h1-2,5H,3-4,11H2,(H,12,13). The van der Waals surface area contributed by atoms with E-state index < -0.39 is 0 Å². The molecule has 2 heterocycles. The van der Waals surface area contributed by atoms with Crippen molar-refractivity contribution >= 4 is 48.7 Å². The van der Waals surface area contributed by atoms with Crippen LogP contribution in [0.1, 0.15) is 4.88 Å². The highest BCUT2D eigenvalue weighted by atomic mass is 79.9. The van der Waals surface area contributed by atoms with Crippen molar-refractivity contribution in [1.82, 2.24) is 4.98 Å². The van der Waals surface area contributed by atoms with Gasteiger partial charge in [-0.25, -0.2) is 4.98 Å². The van der Waals surface area contributed by atoms with E-state index in [-0.39, 0.29) is 0 Å². The molecule has 0 aromatic carbocycles. The van der Waals surface area contributed by atoms with Crippen LogP contribution in [0.25, 0.3) is 0 Å². The number of nitrogens with two attached hydrogens (primary N) is 1. The van der Waals surface area contributed by atoms with E-state index in [0.29, 0.717) is 0 Å². The van der Waals surface area contributed by atoms with Gasteiger partial charge in [0.15, 0.2) is 5.13 Å². The van der Waals surface area contributed by atoms with E-state index in [9.17, 15) is 0 Å². The lowest BCUT2D eigenvalue weighted by Gasteiger charge is -1.99. The van der Waals surface area contributed by atoms with Crippen LogP contribution in [-0.2, 0) is 6.42 Å². The van der Waals surface area contributed by atoms with Crippen LogP contribution in [-0.4, -0.2) is 11.5 Å². The molecule has 2 aromatic rings. The molecule has 0 saturated heterocycles. The molecule has 0 unspecified atom stereocenters. The zero-order chi connectivity index (χ0) is 10.7. The number of aromatic nitrogens is 1. The summed E-state index contributed by atoms with van der Waals surface area (Å²) in [4.78, 5) is 5.49. The van der Waals surface area contributed by atoms with Gasteiger partial charge in [-0.3, -0.25) is 0 Å². The third-order valence-electron chi connectivity index (χ3n) is 1.80. The maximum absolute atomic E-state index is 5.58. The predicted octanol–water partition coefficient (Wildman–Crippen LogP) is 3.20. The van der Waals surface area contributed by atoms with Crippen LogP contribution in [0.4, 0.5) is 10.1 Å². The lowest BCUT2D eigenvalue weighted by Crippen LogP contribution is -2.02. The summed E-state index contributed by atoms with van der Waals surface area (Å²) < 4.78 is 1.18. The average molecular weight is 304 g/mol. The van der Waals surface area contributed by atoms with Crippen molar-refractivity contribution in [2.75, 3.05) is 17.6 Å². The molecule has 0 amide bonds. The van der Waals surface area contributed by atoms with Crippen LogP contribution in [0.2, 0.25) is 0 Å². The summed E-state index contributed by atoms with van der Waals surface area (Å²) >= 11 is 6.68. The Labute approximate surface area is 104 Å². The molecule has 0 atom stereocenters. The van der Waals surface area contributed by atoms with Crippen molar-refractivity contribution in [3.63, 3.8) is 0 Å². The minimum absolute atomic E-state index is 0.747. The number of thiazole rings is 1. The van der Waals surface area contributed by atoms with Crippen LogP contribution in [0.15, 0.2) is 22.1 Å². The molecule has 0 saturated carbocycles. The molecule has 0 aliphatic rings. The van der Waals surface area contributed by atoms with Gasteiger partial charge in [0.25, 0.3) is 0 Å². The highest BCUT2D eigenvalue weighted by Crippen LogP contribution is 2.23. The maximum Gasteiger partial charge on any atom is 0.184 e. The molecule has 0 aliphatic carbocycles. The lowest BCUT2D eigenvalue weighted by molar-refractivity contribution is 1.04. The number of thiophene rings is 1. The third-order valence-corrected chi connectivity index (χ3v) is 4.27. The number of nitrogens with one attached hydrogen (secondary N) is 1. The van der Waals surface area contributed by atoms with Gasteiger partial charge < -0.3 is 11.1 Å². The first-order valence-electron chi connectivity index (χ1n) is 4.43. The second-order valence-corrected chi connectivity index (χ2v) is 6.56. The highest BCUT2D eigenvalue weighted by Gasteiger charge is 2.00. The molecule has 0 bridgehead atoms. The van der Waals surface area contributed by atoms with Gasteiger partial charge in [-0.2, -0.15) is 0 Å². The monoisotopic (exact) mass is 303 g/mol. The summed E-state index contributed by atoms with van der Waals surface area (Å²) in [5.41, 5.74) is 5.58. The zero-order valence-corrected chi connectivity index (χ0v) is 11.1. The topological polar surface area (TPSA) is 50.9 Å². The van der Waals surface area contributed by atoms with Gasteiger partial charge in [0, 0.05) is 11.4 Å². The fourth-order valence-corrected chi connectivity index (χ4v) is 3.24. The normalized spacial score (nSPS) is 10.5. The Kier molecular flexibility index (Phi) is 3.61. The largest absolute Gasteiger partial charge is 0.389 e. The first-order valence-corrected chi connectivity index (χ1v) is 6.86. The predicted molar refractivity (Wildman–Crippen MR) is 70.7 cm³/mol. The van der Waals surface area contributed by atoms with Crippen molar-refractivity contribution in [2.45, 2.75) is 6.42 Å². The van der Waals surface area contributed by atoms with Crippen LogP contribution < -0.4 is 11.1 Å². The number of anilines is 2. The number of nitrogens with zero attached hydrogens (tertiary/aromatic N) is 1. The number of nitrogen functional groups attached to an aromatic ring is 1. The van der Waals surface area contributed by atoms with Gasteiger partial charge in [-0.1, -0.05) is 11.3 Å². The smallest absolute Gasteiger partial charge is 0.184 e. The zero-order valence-electron chi connectivity index (χ0n) is 7.87.